The standard InChI is InChI=1S/C20H19BrN2O4/c1-2-11-23-19(24)17-6-4-3-5-16(17)18(22-23)20(25)27-13-12-26-15-9-7-14(21)8-10-15/h3-10H,2,11-13H2,1H3. The van der Waals surface area contributed by atoms with Crippen molar-refractivity contribution in [2.75, 3.05) is 13.2 Å². The molecular weight excluding hydrogens is 412 g/mol. The summed E-state index contributed by atoms with van der Waals surface area (Å²) >= 11 is 3.36. The van der Waals surface area contributed by atoms with Gasteiger partial charge in [0.2, 0.25) is 0 Å². The lowest BCUT2D eigenvalue weighted by atomic mass is 10.1. The highest BCUT2D eigenvalue weighted by atomic mass is 79.9. The monoisotopic (exact) mass is 430 g/mol. The van der Waals surface area contributed by atoms with Gasteiger partial charge in [0.1, 0.15) is 19.0 Å². The number of esters is 1. The van der Waals surface area contributed by atoms with Crippen molar-refractivity contribution in [3.63, 3.8) is 0 Å². The fraction of sp³-hybridized carbons (Fsp3) is 0.250. The van der Waals surface area contributed by atoms with E-state index in [1.165, 1.54) is 4.68 Å². The van der Waals surface area contributed by atoms with Crippen molar-refractivity contribution in [1.29, 1.82) is 0 Å². The van der Waals surface area contributed by atoms with Gasteiger partial charge in [-0.25, -0.2) is 9.48 Å². The van der Waals surface area contributed by atoms with E-state index in [2.05, 4.69) is 21.0 Å². The predicted octanol–water partition coefficient (Wildman–Crippen LogP) is 3.80. The smallest absolute Gasteiger partial charge is 0.359 e. The van der Waals surface area contributed by atoms with E-state index in [4.69, 9.17) is 9.47 Å². The first-order chi connectivity index (χ1) is 13.1. The van der Waals surface area contributed by atoms with Crippen molar-refractivity contribution in [3.05, 3.63) is 69.1 Å². The zero-order valence-corrected chi connectivity index (χ0v) is 16.4. The number of rotatable bonds is 7. The lowest BCUT2D eigenvalue weighted by Crippen LogP contribution is -2.26. The molecule has 0 fully saturated rings. The average Bonchev–Trinajstić information content (AvgIpc) is 2.69. The number of hydrogen-bond donors (Lipinski definition) is 0. The third-order valence-corrected chi connectivity index (χ3v) is 4.42. The van der Waals surface area contributed by atoms with Crippen LogP contribution in [-0.4, -0.2) is 29.0 Å². The molecule has 0 saturated carbocycles. The first-order valence-corrected chi connectivity index (χ1v) is 9.45. The van der Waals surface area contributed by atoms with Crippen molar-refractivity contribution in [3.8, 4) is 5.75 Å². The van der Waals surface area contributed by atoms with Gasteiger partial charge in [0.15, 0.2) is 5.69 Å². The van der Waals surface area contributed by atoms with E-state index in [1.807, 2.05) is 31.2 Å². The minimum atomic E-state index is -0.574. The average molecular weight is 431 g/mol. The molecule has 7 heteroatoms. The van der Waals surface area contributed by atoms with Gasteiger partial charge >= 0.3 is 5.97 Å². The summed E-state index contributed by atoms with van der Waals surface area (Å²) in [4.78, 5) is 25.0. The Labute approximate surface area is 164 Å². The molecular formula is C20H19BrN2O4. The Bertz CT molecular complexity index is 999. The van der Waals surface area contributed by atoms with E-state index in [9.17, 15) is 9.59 Å². The summed E-state index contributed by atoms with van der Waals surface area (Å²) in [6.07, 6.45) is 0.737. The first-order valence-electron chi connectivity index (χ1n) is 8.65. The molecule has 0 unspecified atom stereocenters. The number of fused-ring (bicyclic) bond motifs is 1. The van der Waals surface area contributed by atoms with E-state index in [0.717, 1.165) is 10.9 Å². The molecule has 0 bridgehead atoms. The third kappa shape index (κ3) is 4.54. The fourth-order valence-electron chi connectivity index (χ4n) is 2.64. The molecule has 0 aliphatic carbocycles. The number of hydrogen-bond acceptors (Lipinski definition) is 5. The van der Waals surface area contributed by atoms with Crippen LogP contribution in [0.15, 0.2) is 57.8 Å². The van der Waals surface area contributed by atoms with Crippen LogP contribution in [0.1, 0.15) is 23.8 Å². The van der Waals surface area contributed by atoms with E-state index < -0.39 is 5.97 Å². The van der Waals surface area contributed by atoms with Gasteiger partial charge in [0, 0.05) is 16.4 Å². The summed E-state index contributed by atoms with van der Waals surface area (Å²) in [5, 5.41) is 5.17. The molecule has 0 N–H and O–H groups in total. The maximum atomic E-state index is 12.5. The van der Waals surface area contributed by atoms with Crippen molar-refractivity contribution in [1.82, 2.24) is 9.78 Å². The van der Waals surface area contributed by atoms with Crippen molar-refractivity contribution in [2.45, 2.75) is 19.9 Å². The second kappa shape index (κ2) is 8.81. The Kier molecular flexibility index (Phi) is 6.24. The molecule has 0 atom stereocenters. The van der Waals surface area contributed by atoms with Crippen LogP contribution in [0.3, 0.4) is 0 Å². The number of nitrogens with zero attached hydrogens (tertiary/aromatic N) is 2. The van der Waals surface area contributed by atoms with Gasteiger partial charge in [-0.1, -0.05) is 41.1 Å². The van der Waals surface area contributed by atoms with Gasteiger partial charge in [-0.3, -0.25) is 4.79 Å². The number of ether oxygens (including phenoxy) is 2. The van der Waals surface area contributed by atoms with Crippen molar-refractivity contribution < 1.29 is 14.3 Å². The number of halogens is 1. The summed E-state index contributed by atoms with van der Waals surface area (Å²) in [5.74, 6) is 0.116. The number of carbonyl (C=O) groups is 1. The predicted molar refractivity (Wildman–Crippen MR) is 106 cm³/mol. The van der Waals surface area contributed by atoms with Gasteiger partial charge in [-0.05, 0) is 36.8 Å². The zero-order valence-electron chi connectivity index (χ0n) is 14.9. The minimum Gasteiger partial charge on any atom is -0.490 e. The SMILES string of the molecule is CCCn1nc(C(=O)OCCOc2ccc(Br)cc2)c2ccccc2c1=O. The Morgan fingerprint density at radius 3 is 2.48 bits per heavy atom. The summed E-state index contributed by atoms with van der Waals surface area (Å²) in [6.45, 7) is 2.69. The van der Waals surface area contributed by atoms with Crippen molar-refractivity contribution >= 4 is 32.7 Å². The minimum absolute atomic E-state index is 0.0812. The molecule has 0 radical (unpaired) electrons. The van der Waals surface area contributed by atoms with Gasteiger partial charge in [0.25, 0.3) is 5.56 Å². The lowest BCUT2D eigenvalue weighted by molar-refractivity contribution is 0.0443. The van der Waals surface area contributed by atoms with Gasteiger partial charge in [-0.2, -0.15) is 5.10 Å². The van der Waals surface area contributed by atoms with Crippen LogP contribution in [-0.2, 0) is 11.3 Å². The molecule has 1 aromatic heterocycles. The summed E-state index contributed by atoms with van der Waals surface area (Å²) in [7, 11) is 0. The van der Waals surface area contributed by atoms with Gasteiger partial charge in [0.05, 0.1) is 5.39 Å². The van der Waals surface area contributed by atoms with E-state index >= 15 is 0 Å². The molecule has 0 spiro atoms. The number of aromatic nitrogens is 2. The normalized spacial score (nSPS) is 10.7. The van der Waals surface area contributed by atoms with Crippen LogP contribution < -0.4 is 10.3 Å². The van der Waals surface area contributed by atoms with Crippen LogP contribution in [0.4, 0.5) is 0 Å². The van der Waals surface area contributed by atoms with Crippen LogP contribution in [0.2, 0.25) is 0 Å². The first kappa shape index (κ1) is 19.1. The Morgan fingerprint density at radius 2 is 1.78 bits per heavy atom. The highest BCUT2D eigenvalue weighted by molar-refractivity contribution is 9.10. The molecule has 3 aromatic rings. The van der Waals surface area contributed by atoms with Gasteiger partial charge in [-0.15, -0.1) is 0 Å². The molecule has 1 heterocycles. The van der Waals surface area contributed by atoms with E-state index in [0.29, 0.717) is 23.1 Å². The van der Waals surface area contributed by atoms with E-state index in [1.54, 1.807) is 24.3 Å². The quantitative estimate of drug-likeness (QED) is 0.421. The van der Waals surface area contributed by atoms with Crippen LogP contribution >= 0.6 is 15.9 Å². The Hall–Kier alpha value is -2.67. The third-order valence-electron chi connectivity index (χ3n) is 3.90. The molecule has 0 saturated heterocycles. The second-order valence-electron chi connectivity index (χ2n) is 5.86. The van der Waals surface area contributed by atoms with Crippen LogP contribution in [0.5, 0.6) is 5.75 Å². The molecule has 0 amide bonds. The fourth-order valence-corrected chi connectivity index (χ4v) is 2.91. The Balaban J connectivity index is 1.72. The molecule has 6 nitrogen and oxygen atoms in total. The second-order valence-corrected chi connectivity index (χ2v) is 6.78. The van der Waals surface area contributed by atoms with Crippen molar-refractivity contribution in [2.24, 2.45) is 0 Å². The number of carbonyl (C=O) groups excluding carboxylic acids is 1. The molecule has 3 rings (SSSR count). The van der Waals surface area contributed by atoms with Crippen LogP contribution in [0.25, 0.3) is 10.8 Å². The zero-order chi connectivity index (χ0) is 19.2. The van der Waals surface area contributed by atoms with Gasteiger partial charge < -0.3 is 9.47 Å². The van der Waals surface area contributed by atoms with E-state index in [-0.39, 0.29) is 24.5 Å². The highest BCUT2D eigenvalue weighted by Gasteiger charge is 2.17. The lowest BCUT2D eigenvalue weighted by Gasteiger charge is -2.11. The maximum Gasteiger partial charge on any atom is 0.359 e. The summed E-state index contributed by atoms with van der Waals surface area (Å²) in [6, 6.07) is 14.3. The maximum absolute atomic E-state index is 12.5. The molecule has 140 valence electrons. The molecule has 27 heavy (non-hydrogen) atoms. The largest absolute Gasteiger partial charge is 0.490 e. The molecule has 0 aliphatic rings. The molecule has 0 aliphatic heterocycles. The topological polar surface area (TPSA) is 70.4 Å². The molecule has 2 aromatic carbocycles. The summed E-state index contributed by atoms with van der Waals surface area (Å²) < 4.78 is 13.1. The Morgan fingerprint density at radius 1 is 1.07 bits per heavy atom. The highest BCUT2D eigenvalue weighted by Crippen LogP contribution is 2.16. The summed E-state index contributed by atoms with van der Waals surface area (Å²) in [5.41, 5.74) is -0.0649. The number of benzene rings is 2. The van der Waals surface area contributed by atoms with Crippen LogP contribution in [0, 0.1) is 0 Å². The number of aryl methyl sites for hydroxylation is 1.